The normalized spacial score (nSPS) is 20.9. The Kier molecular flexibility index (Phi) is 42.5. The molecule has 0 radical (unpaired) electrons. The van der Waals surface area contributed by atoms with Crippen LogP contribution in [0.25, 0.3) is 0 Å². The van der Waals surface area contributed by atoms with Crippen LogP contribution >= 0.6 is 0 Å². The van der Waals surface area contributed by atoms with E-state index < -0.39 is 74.2 Å². The molecule has 1 aliphatic heterocycles. The van der Waals surface area contributed by atoms with Gasteiger partial charge in [0.05, 0.1) is 25.4 Å². The van der Waals surface area contributed by atoms with E-state index in [1.165, 1.54) is 167 Å². The fourth-order valence-corrected chi connectivity index (χ4v) is 8.93. The molecular weight excluding hydrogens is 835 g/mol. The highest BCUT2D eigenvalue weighted by atomic mass is 16.7. The molecule has 66 heavy (non-hydrogen) atoms. The van der Waals surface area contributed by atoms with E-state index in [4.69, 9.17) is 9.47 Å². The molecular formula is C55H105NO10. The Morgan fingerprint density at radius 1 is 0.515 bits per heavy atom. The summed E-state index contributed by atoms with van der Waals surface area (Å²) in [6, 6.07) is -1.19. The van der Waals surface area contributed by atoms with Crippen molar-refractivity contribution in [1.82, 2.24) is 5.32 Å². The molecule has 0 spiro atoms. The number of unbranched alkanes of at least 4 members (excludes halogenated alkanes) is 31. The van der Waals surface area contributed by atoms with Gasteiger partial charge in [-0.25, -0.2) is 0 Å². The summed E-state index contributed by atoms with van der Waals surface area (Å²) in [6.45, 7) is 3.46. The first-order chi connectivity index (χ1) is 32.2. The highest BCUT2D eigenvalue weighted by molar-refractivity contribution is 5.80. The first-order valence-electron chi connectivity index (χ1n) is 27.7. The number of carbonyl (C=O) groups is 1. The first-order valence-corrected chi connectivity index (χ1v) is 27.7. The molecule has 0 aromatic heterocycles. The van der Waals surface area contributed by atoms with E-state index in [0.717, 1.165) is 38.5 Å². The molecule has 1 fully saturated rings. The van der Waals surface area contributed by atoms with Crippen LogP contribution in [-0.2, 0) is 14.3 Å². The topological polar surface area (TPSA) is 189 Å². The third-order valence-corrected chi connectivity index (χ3v) is 13.5. The van der Waals surface area contributed by atoms with Gasteiger partial charge in [-0.3, -0.25) is 4.79 Å². The van der Waals surface area contributed by atoms with Crippen LogP contribution in [0.5, 0.6) is 0 Å². The zero-order chi connectivity index (χ0) is 48.3. The lowest BCUT2D eigenvalue weighted by molar-refractivity contribution is -0.303. The maximum atomic E-state index is 13.2. The van der Waals surface area contributed by atoms with Crippen LogP contribution in [0.3, 0.4) is 0 Å². The molecule has 1 aliphatic rings. The van der Waals surface area contributed by atoms with E-state index in [1.807, 2.05) is 0 Å². The average molecular weight is 940 g/mol. The van der Waals surface area contributed by atoms with Crippen molar-refractivity contribution >= 4 is 5.91 Å². The number of aliphatic hydroxyl groups excluding tert-OH is 7. The molecule has 8 N–H and O–H groups in total. The molecule has 0 saturated carbocycles. The van der Waals surface area contributed by atoms with Gasteiger partial charge in [0.15, 0.2) is 6.29 Å². The number of rotatable bonds is 47. The van der Waals surface area contributed by atoms with Gasteiger partial charge in [-0.1, -0.05) is 224 Å². The smallest absolute Gasteiger partial charge is 0.249 e. The number of allylic oxidation sites excluding steroid dienone is 4. The highest BCUT2D eigenvalue weighted by Gasteiger charge is 2.44. The molecule has 9 atom stereocenters. The highest BCUT2D eigenvalue weighted by Crippen LogP contribution is 2.23. The minimum Gasteiger partial charge on any atom is -0.394 e. The maximum absolute atomic E-state index is 13.2. The number of aliphatic hydroxyl groups is 7. The Morgan fingerprint density at radius 3 is 1.35 bits per heavy atom. The summed E-state index contributed by atoms with van der Waals surface area (Å²) >= 11 is 0. The lowest BCUT2D eigenvalue weighted by atomic mass is 9.98. The second-order valence-corrected chi connectivity index (χ2v) is 19.6. The van der Waals surface area contributed by atoms with Crippen molar-refractivity contribution in [2.45, 2.75) is 306 Å². The number of amides is 1. The molecule has 0 aromatic rings. The van der Waals surface area contributed by atoms with Crippen molar-refractivity contribution in [1.29, 1.82) is 0 Å². The van der Waals surface area contributed by atoms with Gasteiger partial charge in [-0.15, -0.1) is 0 Å². The molecule has 11 heteroatoms. The quantitative estimate of drug-likeness (QED) is 0.0215. The summed E-state index contributed by atoms with van der Waals surface area (Å²) in [5, 5.41) is 76.0. The predicted molar refractivity (Wildman–Crippen MR) is 270 cm³/mol. The summed E-state index contributed by atoms with van der Waals surface area (Å²) in [5.41, 5.74) is 0. The summed E-state index contributed by atoms with van der Waals surface area (Å²) < 4.78 is 11.1. The van der Waals surface area contributed by atoms with Gasteiger partial charge in [0.25, 0.3) is 0 Å². The molecule has 0 aromatic carbocycles. The molecule has 9 unspecified atom stereocenters. The Balaban J connectivity index is 2.38. The average Bonchev–Trinajstić information content (AvgIpc) is 3.32. The zero-order valence-corrected chi connectivity index (χ0v) is 42.4. The lowest BCUT2D eigenvalue weighted by Gasteiger charge is -2.40. The number of nitrogens with one attached hydrogen (secondary N) is 1. The second-order valence-electron chi connectivity index (χ2n) is 19.6. The molecule has 1 amide bonds. The number of carbonyl (C=O) groups excluding carboxylic acids is 1. The summed E-state index contributed by atoms with van der Waals surface area (Å²) in [4.78, 5) is 13.2. The van der Waals surface area contributed by atoms with E-state index in [9.17, 15) is 40.5 Å². The van der Waals surface area contributed by atoms with Crippen LogP contribution in [0.2, 0.25) is 0 Å². The monoisotopic (exact) mass is 940 g/mol. The Morgan fingerprint density at radius 2 is 0.909 bits per heavy atom. The van der Waals surface area contributed by atoms with Crippen molar-refractivity contribution in [3.8, 4) is 0 Å². The van der Waals surface area contributed by atoms with Crippen LogP contribution in [-0.4, -0.2) is 110 Å². The molecule has 0 aliphatic carbocycles. The van der Waals surface area contributed by atoms with Crippen molar-refractivity contribution < 1.29 is 50.0 Å². The van der Waals surface area contributed by atoms with Crippen LogP contribution in [0.4, 0.5) is 0 Å². The maximum Gasteiger partial charge on any atom is 0.249 e. The lowest BCUT2D eigenvalue weighted by Crippen LogP contribution is -2.60. The van der Waals surface area contributed by atoms with Gasteiger partial charge in [0, 0.05) is 0 Å². The van der Waals surface area contributed by atoms with Crippen molar-refractivity contribution in [3.05, 3.63) is 24.3 Å². The fourth-order valence-electron chi connectivity index (χ4n) is 8.93. The summed E-state index contributed by atoms with van der Waals surface area (Å²) in [6.07, 6.45) is 40.8. The predicted octanol–water partition coefficient (Wildman–Crippen LogP) is 11.0. The summed E-state index contributed by atoms with van der Waals surface area (Å²) in [5.74, 6) is -0.707. The van der Waals surface area contributed by atoms with Crippen LogP contribution in [0.1, 0.15) is 251 Å². The standard InChI is InChI=1S/C55H105NO10/c1-3-5-7-9-11-13-15-17-19-21-23-25-26-28-30-32-34-36-38-40-42-47(58)50(60)46(45-65-55-53(63)52(62)51(61)49(44-57)66-55)56-54(64)48(59)43-41-39-37-35-33-31-29-27-24-22-20-18-16-14-12-10-8-6-4-2/h26,28,34,36,46-53,55,57-63H,3-25,27,29-33,35,37-45H2,1-2H3,(H,56,64)/b28-26+,36-34+. The zero-order valence-electron chi connectivity index (χ0n) is 42.4. The Hall–Kier alpha value is -1.41. The molecule has 11 nitrogen and oxygen atoms in total. The fraction of sp³-hybridized carbons (Fsp3) is 0.909. The number of hydrogen-bond donors (Lipinski definition) is 8. The molecule has 1 saturated heterocycles. The summed E-state index contributed by atoms with van der Waals surface area (Å²) in [7, 11) is 0. The molecule has 0 bridgehead atoms. The van der Waals surface area contributed by atoms with E-state index in [1.54, 1.807) is 0 Å². The minimum absolute atomic E-state index is 0.249. The van der Waals surface area contributed by atoms with Crippen LogP contribution in [0, 0.1) is 0 Å². The van der Waals surface area contributed by atoms with E-state index in [-0.39, 0.29) is 12.8 Å². The SMILES string of the molecule is CCCCCCCCCCCCC/C=C/CC/C=C/CCCC(O)C(O)C(COC1OC(CO)C(O)C(O)C1O)NC(=O)C(O)CCCCCCCCCCCCCCCCCCCCC. The second kappa shape index (κ2) is 44.8. The van der Waals surface area contributed by atoms with Gasteiger partial charge in [-0.2, -0.15) is 0 Å². The number of ether oxygens (including phenoxy) is 2. The van der Waals surface area contributed by atoms with E-state index >= 15 is 0 Å². The van der Waals surface area contributed by atoms with Gasteiger partial charge in [0.2, 0.25) is 5.91 Å². The van der Waals surface area contributed by atoms with Crippen LogP contribution in [0.15, 0.2) is 24.3 Å². The molecule has 1 heterocycles. The number of hydrogen-bond acceptors (Lipinski definition) is 10. The van der Waals surface area contributed by atoms with Crippen molar-refractivity contribution in [2.75, 3.05) is 13.2 Å². The van der Waals surface area contributed by atoms with Crippen molar-refractivity contribution in [2.24, 2.45) is 0 Å². The van der Waals surface area contributed by atoms with Gasteiger partial charge >= 0.3 is 0 Å². The van der Waals surface area contributed by atoms with Gasteiger partial charge in [0.1, 0.15) is 36.6 Å². The Bertz CT molecular complexity index is 1120. The molecule has 390 valence electrons. The largest absolute Gasteiger partial charge is 0.394 e. The third kappa shape index (κ3) is 33.2. The Labute approximate surface area is 404 Å². The minimum atomic E-state index is -1.67. The van der Waals surface area contributed by atoms with E-state index in [2.05, 4.69) is 43.5 Å². The first kappa shape index (κ1) is 62.6. The van der Waals surface area contributed by atoms with Crippen LogP contribution < -0.4 is 5.32 Å². The molecule has 1 rings (SSSR count). The van der Waals surface area contributed by atoms with E-state index in [0.29, 0.717) is 19.3 Å². The van der Waals surface area contributed by atoms with Gasteiger partial charge in [-0.05, 0) is 51.4 Å². The van der Waals surface area contributed by atoms with Crippen molar-refractivity contribution in [3.63, 3.8) is 0 Å². The third-order valence-electron chi connectivity index (χ3n) is 13.5. The van der Waals surface area contributed by atoms with Gasteiger partial charge < -0.3 is 50.5 Å².